The molecule has 0 saturated heterocycles. The van der Waals surface area contributed by atoms with Crippen molar-refractivity contribution in [3.05, 3.63) is 53.8 Å². The van der Waals surface area contributed by atoms with Gasteiger partial charge in [0.15, 0.2) is 0 Å². The maximum Gasteiger partial charge on any atom is 0.145 e. The predicted octanol–water partition coefficient (Wildman–Crippen LogP) is 4.84. The minimum atomic E-state index is -0.888. The number of nitrogens with two attached hydrogens (primary N) is 1. The van der Waals surface area contributed by atoms with Gasteiger partial charge in [0.05, 0.1) is 14.9 Å². The SMILES string of the molecule is NCC(c1cccc(Cl)c1F)C(O)c1cc(Br)c(Br)s1. The van der Waals surface area contributed by atoms with Crippen LogP contribution in [0.25, 0.3) is 0 Å². The van der Waals surface area contributed by atoms with Crippen LogP contribution in [0.2, 0.25) is 5.02 Å². The van der Waals surface area contributed by atoms with Crippen molar-refractivity contribution in [3.63, 3.8) is 0 Å². The molecule has 0 aliphatic heterocycles. The number of thiophene rings is 1. The Bertz CT molecular complexity index is 603. The second-order valence-corrected chi connectivity index (χ2v) is 7.86. The Labute approximate surface area is 142 Å². The summed E-state index contributed by atoms with van der Waals surface area (Å²) in [5.74, 6) is -1.08. The maximum absolute atomic E-state index is 14.1. The molecule has 0 aliphatic rings. The number of hydrogen-bond acceptors (Lipinski definition) is 3. The first-order valence-electron chi connectivity index (χ1n) is 5.72. The maximum atomic E-state index is 14.1. The van der Waals surface area contributed by atoms with E-state index < -0.39 is 17.8 Å². The molecule has 1 aromatic carbocycles. The van der Waals surface area contributed by atoms with Crippen molar-refractivity contribution < 1.29 is 9.50 Å². The van der Waals surface area contributed by atoms with Crippen LogP contribution in [-0.4, -0.2) is 11.7 Å². The highest BCUT2D eigenvalue weighted by Crippen LogP contribution is 2.41. The van der Waals surface area contributed by atoms with E-state index in [0.29, 0.717) is 10.4 Å². The molecule has 2 atom stereocenters. The third kappa shape index (κ3) is 3.26. The molecule has 0 saturated carbocycles. The molecule has 0 amide bonds. The van der Waals surface area contributed by atoms with E-state index in [1.807, 2.05) is 0 Å². The second-order valence-electron chi connectivity index (χ2n) is 4.20. The molecule has 0 aliphatic carbocycles. The monoisotopic (exact) mass is 441 g/mol. The summed E-state index contributed by atoms with van der Waals surface area (Å²) in [7, 11) is 0. The lowest BCUT2D eigenvalue weighted by Gasteiger charge is -2.21. The van der Waals surface area contributed by atoms with Crippen molar-refractivity contribution in [2.24, 2.45) is 5.73 Å². The molecule has 0 fully saturated rings. The largest absolute Gasteiger partial charge is 0.387 e. The van der Waals surface area contributed by atoms with Gasteiger partial charge < -0.3 is 10.8 Å². The first-order chi connectivity index (χ1) is 9.45. The van der Waals surface area contributed by atoms with Gasteiger partial charge in [0.2, 0.25) is 0 Å². The molecule has 0 spiro atoms. The van der Waals surface area contributed by atoms with Gasteiger partial charge in [-0.2, -0.15) is 0 Å². The number of aliphatic hydroxyl groups is 1. The first kappa shape index (κ1) is 16.4. The summed E-state index contributed by atoms with van der Waals surface area (Å²) in [6.07, 6.45) is -0.888. The molecule has 20 heavy (non-hydrogen) atoms. The molecule has 1 heterocycles. The van der Waals surface area contributed by atoms with Gasteiger partial charge in [-0.15, -0.1) is 11.3 Å². The van der Waals surface area contributed by atoms with E-state index in [1.54, 1.807) is 18.2 Å². The normalized spacial score (nSPS) is 14.3. The molecule has 0 radical (unpaired) electrons. The minimum Gasteiger partial charge on any atom is -0.387 e. The lowest BCUT2D eigenvalue weighted by atomic mass is 9.92. The third-order valence-electron chi connectivity index (χ3n) is 2.97. The van der Waals surface area contributed by atoms with Gasteiger partial charge >= 0.3 is 0 Å². The number of hydrogen-bond donors (Lipinski definition) is 2. The lowest BCUT2D eigenvalue weighted by Crippen LogP contribution is -2.20. The highest BCUT2D eigenvalue weighted by molar-refractivity contribution is 9.13. The van der Waals surface area contributed by atoms with E-state index in [1.165, 1.54) is 17.4 Å². The fourth-order valence-corrected chi connectivity index (χ4v) is 4.26. The predicted molar refractivity (Wildman–Crippen MR) is 87.9 cm³/mol. The van der Waals surface area contributed by atoms with Gasteiger partial charge in [-0.1, -0.05) is 23.7 Å². The molecule has 0 bridgehead atoms. The highest BCUT2D eigenvalue weighted by Gasteiger charge is 2.26. The van der Waals surface area contributed by atoms with Gasteiger partial charge in [0.25, 0.3) is 0 Å². The molecule has 1 aromatic heterocycles. The summed E-state index contributed by atoms with van der Waals surface area (Å²) in [4.78, 5) is 0.707. The van der Waals surface area contributed by atoms with E-state index >= 15 is 0 Å². The van der Waals surface area contributed by atoms with Crippen molar-refractivity contribution >= 4 is 54.8 Å². The van der Waals surface area contributed by atoms with Gasteiger partial charge in [-0.05, 0) is 49.6 Å². The molecular formula is C13H11Br2ClFNOS. The van der Waals surface area contributed by atoms with E-state index in [-0.39, 0.29) is 11.6 Å². The summed E-state index contributed by atoms with van der Waals surface area (Å²) < 4.78 is 15.8. The van der Waals surface area contributed by atoms with Gasteiger partial charge in [0.1, 0.15) is 5.82 Å². The molecular weight excluding hydrogens is 432 g/mol. The van der Waals surface area contributed by atoms with E-state index in [4.69, 9.17) is 17.3 Å². The van der Waals surface area contributed by atoms with Crippen LogP contribution in [0.15, 0.2) is 32.5 Å². The molecule has 2 rings (SSSR count). The fourth-order valence-electron chi connectivity index (χ4n) is 1.94. The summed E-state index contributed by atoms with van der Waals surface area (Å²) >= 11 is 13.9. The zero-order valence-corrected chi connectivity index (χ0v) is 14.9. The number of halogens is 4. The van der Waals surface area contributed by atoms with Crippen LogP contribution in [0.3, 0.4) is 0 Å². The zero-order chi connectivity index (χ0) is 14.9. The van der Waals surface area contributed by atoms with Gasteiger partial charge in [-0.25, -0.2) is 4.39 Å². The van der Waals surface area contributed by atoms with Crippen molar-refractivity contribution in [2.45, 2.75) is 12.0 Å². The minimum absolute atomic E-state index is 0.0293. The molecule has 2 aromatic rings. The Morgan fingerprint density at radius 3 is 2.65 bits per heavy atom. The third-order valence-corrected chi connectivity index (χ3v) is 6.59. The average Bonchev–Trinajstić information content (AvgIpc) is 2.75. The van der Waals surface area contributed by atoms with Crippen LogP contribution in [0.4, 0.5) is 4.39 Å². The van der Waals surface area contributed by atoms with Gasteiger partial charge in [0, 0.05) is 21.8 Å². The Morgan fingerprint density at radius 1 is 1.40 bits per heavy atom. The average molecular weight is 444 g/mol. The van der Waals surface area contributed by atoms with E-state index in [9.17, 15) is 9.50 Å². The Hall–Kier alpha value is 0.0200. The van der Waals surface area contributed by atoms with Crippen molar-refractivity contribution in [2.75, 3.05) is 6.54 Å². The molecule has 7 heteroatoms. The van der Waals surface area contributed by atoms with Crippen LogP contribution in [-0.2, 0) is 0 Å². The smallest absolute Gasteiger partial charge is 0.145 e. The quantitative estimate of drug-likeness (QED) is 0.710. The van der Waals surface area contributed by atoms with Crippen molar-refractivity contribution in [1.82, 2.24) is 0 Å². The summed E-state index contributed by atoms with van der Waals surface area (Å²) in [5.41, 5.74) is 6.05. The van der Waals surface area contributed by atoms with Crippen LogP contribution in [0, 0.1) is 5.82 Å². The van der Waals surface area contributed by atoms with Crippen LogP contribution >= 0.6 is 54.8 Å². The summed E-state index contributed by atoms with van der Waals surface area (Å²) in [6.45, 7) is 0.117. The standard InChI is InChI=1S/C13H11Br2ClFNOS/c14-8-4-10(20-13(8)15)12(19)7(5-18)6-2-1-3-9(16)11(6)17/h1-4,7,12,19H,5,18H2. The fraction of sp³-hybridized carbons (Fsp3) is 0.231. The Kier molecular flexibility index (Phi) is 5.62. The van der Waals surface area contributed by atoms with E-state index in [0.717, 1.165) is 8.26 Å². The van der Waals surface area contributed by atoms with Crippen molar-refractivity contribution in [1.29, 1.82) is 0 Å². The Morgan fingerprint density at radius 2 is 2.10 bits per heavy atom. The summed E-state index contributed by atoms with van der Waals surface area (Å²) in [5, 5.41) is 10.5. The zero-order valence-electron chi connectivity index (χ0n) is 10.1. The van der Waals surface area contributed by atoms with Crippen LogP contribution in [0.5, 0.6) is 0 Å². The molecule has 2 unspecified atom stereocenters. The lowest BCUT2D eigenvalue weighted by molar-refractivity contribution is 0.149. The number of rotatable bonds is 4. The van der Waals surface area contributed by atoms with Gasteiger partial charge in [-0.3, -0.25) is 0 Å². The molecule has 108 valence electrons. The highest BCUT2D eigenvalue weighted by atomic mass is 79.9. The van der Waals surface area contributed by atoms with E-state index in [2.05, 4.69) is 31.9 Å². The van der Waals surface area contributed by atoms with Crippen LogP contribution in [0.1, 0.15) is 22.5 Å². The number of aliphatic hydroxyl groups excluding tert-OH is 1. The molecule has 2 nitrogen and oxygen atoms in total. The summed E-state index contributed by atoms with van der Waals surface area (Å²) in [6, 6.07) is 6.51. The molecule has 3 N–H and O–H groups in total. The Balaban J connectivity index is 2.39. The number of benzene rings is 1. The topological polar surface area (TPSA) is 46.2 Å². The van der Waals surface area contributed by atoms with Crippen molar-refractivity contribution in [3.8, 4) is 0 Å². The first-order valence-corrected chi connectivity index (χ1v) is 8.50. The second kappa shape index (κ2) is 6.85. The van der Waals surface area contributed by atoms with Crippen LogP contribution < -0.4 is 5.73 Å².